The van der Waals surface area contributed by atoms with E-state index >= 15 is 0 Å². The topological polar surface area (TPSA) is 63.6 Å². The third-order valence-electron chi connectivity index (χ3n) is 4.45. The van der Waals surface area contributed by atoms with Crippen LogP contribution in [0.5, 0.6) is 0 Å². The van der Waals surface area contributed by atoms with Crippen molar-refractivity contribution in [1.82, 2.24) is 19.7 Å². The van der Waals surface area contributed by atoms with Crippen LogP contribution < -0.4 is 5.43 Å². The summed E-state index contributed by atoms with van der Waals surface area (Å²) in [6, 6.07) is 22.9. The Balaban J connectivity index is 1.96. The molecular weight excluding hydrogens is 324 g/mol. The largest absolute Gasteiger partial charge is 0.339 e. The van der Waals surface area contributed by atoms with Crippen LogP contribution in [-0.4, -0.2) is 19.7 Å². The molecule has 0 radical (unpaired) electrons. The van der Waals surface area contributed by atoms with Gasteiger partial charge in [-0.25, -0.2) is 4.98 Å². The molecule has 124 valence electrons. The summed E-state index contributed by atoms with van der Waals surface area (Å²) in [6.45, 7) is 0. The van der Waals surface area contributed by atoms with Crippen LogP contribution in [-0.2, 0) is 0 Å². The summed E-state index contributed by atoms with van der Waals surface area (Å²) in [6.07, 6.45) is 1.71. The van der Waals surface area contributed by atoms with Gasteiger partial charge in [-0.2, -0.15) is 9.78 Å². The average Bonchev–Trinajstić information content (AvgIpc) is 3.09. The van der Waals surface area contributed by atoms with E-state index in [0.29, 0.717) is 27.9 Å². The van der Waals surface area contributed by atoms with Crippen molar-refractivity contribution >= 4 is 21.9 Å². The minimum Gasteiger partial charge on any atom is -0.339 e. The van der Waals surface area contributed by atoms with Gasteiger partial charge in [0.2, 0.25) is 5.43 Å². The molecule has 0 spiro atoms. The molecule has 0 aliphatic heterocycles. The number of aromatic amines is 1. The molecule has 5 rings (SSSR count). The van der Waals surface area contributed by atoms with Crippen LogP contribution in [0.3, 0.4) is 0 Å². The molecule has 0 bridgehead atoms. The minimum atomic E-state index is -0.0321. The number of hydrogen-bond acceptors (Lipinski definition) is 3. The van der Waals surface area contributed by atoms with Crippen LogP contribution in [0.25, 0.3) is 39.0 Å². The zero-order valence-electron chi connectivity index (χ0n) is 13.8. The first-order valence-electron chi connectivity index (χ1n) is 8.33. The van der Waals surface area contributed by atoms with Crippen LogP contribution in [0.2, 0.25) is 0 Å². The molecule has 0 unspecified atom stereocenters. The smallest absolute Gasteiger partial charge is 0.201 e. The normalized spacial score (nSPS) is 11.2. The standard InChI is InChI=1S/C21H14N4O/c26-20-15-10-4-5-11-16(15)23-21-18(20)19(14-8-2-1-3-9-14)24-25(21)17-12-6-7-13-22-17/h1-13H,(H,23,26). The fraction of sp³-hybridized carbons (Fsp3) is 0. The Kier molecular flexibility index (Phi) is 3.18. The van der Waals surface area contributed by atoms with Gasteiger partial charge >= 0.3 is 0 Å². The van der Waals surface area contributed by atoms with E-state index in [4.69, 9.17) is 5.10 Å². The van der Waals surface area contributed by atoms with Gasteiger partial charge in [-0.05, 0) is 24.3 Å². The van der Waals surface area contributed by atoms with Gasteiger partial charge in [0.05, 0.1) is 10.9 Å². The molecule has 1 N–H and O–H groups in total. The quantitative estimate of drug-likeness (QED) is 0.530. The Morgan fingerprint density at radius 2 is 1.62 bits per heavy atom. The predicted molar refractivity (Wildman–Crippen MR) is 102 cm³/mol. The first-order chi connectivity index (χ1) is 12.8. The molecule has 3 aromatic heterocycles. The number of nitrogens with one attached hydrogen (secondary N) is 1. The summed E-state index contributed by atoms with van der Waals surface area (Å²) >= 11 is 0. The molecule has 5 nitrogen and oxygen atoms in total. The molecule has 0 saturated carbocycles. The molecule has 26 heavy (non-hydrogen) atoms. The lowest BCUT2D eigenvalue weighted by molar-refractivity contribution is 0.868. The summed E-state index contributed by atoms with van der Waals surface area (Å²) in [7, 11) is 0. The number of rotatable bonds is 2. The average molecular weight is 338 g/mol. The maximum absolute atomic E-state index is 13.2. The van der Waals surface area contributed by atoms with E-state index in [1.54, 1.807) is 10.9 Å². The monoisotopic (exact) mass is 338 g/mol. The van der Waals surface area contributed by atoms with Gasteiger partial charge in [0.1, 0.15) is 11.3 Å². The molecule has 0 amide bonds. The van der Waals surface area contributed by atoms with Crippen molar-refractivity contribution in [2.24, 2.45) is 0 Å². The van der Waals surface area contributed by atoms with Crippen LogP contribution >= 0.6 is 0 Å². The van der Waals surface area contributed by atoms with Gasteiger partial charge in [0.15, 0.2) is 5.82 Å². The Bertz CT molecular complexity index is 1290. The lowest BCUT2D eigenvalue weighted by Gasteiger charge is -2.03. The predicted octanol–water partition coefficient (Wildman–Crippen LogP) is 3.93. The maximum Gasteiger partial charge on any atom is 0.201 e. The fourth-order valence-corrected chi connectivity index (χ4v) is 3.24. The number of para-hydroxylation sites is 1. The first-order valence-corrected chi connectivity index (χ1v) is 8.33. The van der Waals surface area contributed by atoms with E-state index in [1.807, 2.05) is 72.8 Å². The highest BCUT2D eigenvalue weighted by Gasteiger charge is 2.19. The number of nitrogens with zero attached hydrogens (tertiary/aromatic N) is 3. The van der Waals surface area contributed by atoms with Crippen molar-refractivity contribution in [1.29, 1.82) is 0 Å². The first kappa shape index (κ1) is 14.6. The summed E-state index contributed by atoms with van der Waals surface area (Å²) in [5.41, 5.74) is 2.94. The van der Waals surface area contributed by atoms with E-state index in [9.17, 15) is 4.79 Å². The number of pyridine rings is 2. The molecular formula is C21H14N4O. The van der Waals surface area contributed by atoms with Gasteiger partial charge in [-0.1, -0.05) is 48.5 Å². The summed E-state index contributed by atoms with van der Waals surface area (Å²) < 4.78 is 1.70. The van der Waals surface area contributed by atoms with Crippen molar-refractivity contribution in [2.75, 3.05) is 0 Å². The second-order valence-corrected chi connectivity index (χ2v) is 6.04. The molecule has 0 aliphatic carbocycles. The van der Waals surface area contributed by atoms with Gasteiger partial charge in [0, 0.05) is 17.1 Å². The summed E-state index contributed by atoms with van der Waals surface area (Å²) in [4.78, 5) is 21.0. The third kappa shape index (κ3) is 2.14. The second kappa shape index (κ2) is 5.67. The van der Waals surface area contributed by atoms with Gasteiger partial charge in [-0.3, -0.25) is 4.79 Å². The molecule has 5 heteroatoms. The highest BCUT2D eigenvalue weighted by molar-refractivity contribution is 5.99. The lowest BCUT2D eigenvalue weighted by Crippen LogP contribution is -2.06. The summed E-state index contributed by atoms with van der Waals surface area (Å²) in [5.74, 6) is 0.658. The molecule has 0 saturated heterocycles. The molecule has 5 aromatic rings. The van der Waals surface area contributed by atoms with E-state index < -0.39 is 0 Å². The Morgan fingerprint density at radius 1 is 0.846 bits per heavy atom. The number of H-pyrrole nitrogens is 1. The van der Waals surface area contributed by atoms with Crippen LogP contribution in [0.1, 0.15) is 0 Å². The zero-order valence-corrected chi connectivity index (χ0v) is 13.8. The van der Waals surface area contributed by atoms with Crippen LogP contribution in [0.4, 0.5) is 0 Å². The van der Waals surface area contributed by atoms with Gasteiger partial charge in [-0.15, -0.1) is 0 Å². The third-order valence-corrected chi connectivity index (χ3v) is 4.45. The van der Waals surface area contributed by atoms with E-state index in [1.165, 1.54) is 0 Å². The molecule has 2 aromatic carbocycles. The minimum absolute atomic E-state index is 0.0321. The number of aromatic nitrogens is 4. The Labute approximate surface area is 148 Å². The van der Waals surface area contributed by atoms with Crippen molar-refractivity contribution < 1.29 is 0 Å². The second-order valence-electron chi connectivity index (χ2n) is 6.04. The molecule has 0 atom stereocenters. The Morgan fingerprint density at radius 3 is 2.42 bits per heavy atom. The fourth-order valence-electron chi connectivity index (χ4n) is 3.24. The van der Waals surface area contributed by atoms with Crippen molar-refractivity contribution in [2.45, 2.75) is 0 Å². The molecule has 0 fully saturated rings. The Hall–Kier alpha value is -3.73. The molecule has 0 aliphatic rings. The highest BCUT2D eigenvalue weighted by atomic mass is 16.1. The number of fused-ring (bicyclic) bond motifs is 2. The van der Waals surface area contributed by atoms with Crippen molar-refractivity contribution in [3.63, 3.8) is 0 Å². The van der Waals surface area contributed by atoms with Crippen LogP contribution in [0, 0.1) is 0 Å². The van der Waals surface area contributed by atoms with Crippen molar-refractivity contribution in [3.8, 4) is 17.1 Å². The molecule has 3 heterocycles. The van der Waals surface area contributed by atoms with Gasteiger partial charge in [0.25, 0.3) is 0 Å². The zero-order chi connectivity index (χ0) is 17.5. The van der Waals surface area contributed by atoms with Crippen LogP contribution in [0.15, 0.2) is 83.8 Å². The maximum atomic E-state index is 13.2. The number of hydrogen-bond donors (Lipinski definition) is 1. The van der Waals surface area contributed by atoms with E-state index in [0.717, 1.165) is 11.1 Å². The highest BCUT2D eigenvalue weighted by Crippen LogP contribution is 2.27. The summed E-state index contributed by atoms with van der Waals surface area (Å²) in [5, 5.41) is 5.96. The van der Waals surface area contributed by atoms with E-state index in [-0.39, 0.29) is 5.43 Å². The van der Waals surface area contributed by atoms with E-state index in [2.05, 4.69) is 9.97 Å². The SMILES string of the molecule is O=c1c2ccccc2[nH]c2c1c(-c1ccccc1)nn2-c1ccccn1. The number of benzene rings is 2. The van der Waals surface area contributed by atoms with Crippen molar-refractivity contribution in [3.05, 3.63) is 89.2 Å². The van der Waals surface area contributed by atoms with Gasteiger partial charge < -0.3 is 4.98 Å². The lowest BCUT2D eigenvalue weighted by atomic mass is 10.1.